The largest absolute Gasteiger partial charge is 0.410 e. The first-order valence-corrected chi connectivity index (χ1v) is 8.80. The molecule has 3 rings (SSSR count). The third-order valence-electron chi connectivity index (χ3n) is 4.57. The van der Waals surface area contributed by atoms with Gasteiger partial charge in [-0.3, -0.25) is 4.90 Å². The van der Waals surface area contributed by atoms with E-state index in [1.54, 1.807) is 6.07 Å². The van der Waals surface area contributed by atoms with E-state index < -0.39 is 6.09 Å². The number of ether oxygens (including phenoxy) is 1. The second-order valence-corrected chi connectivity index (χ2v) is 6.31. The third-order valence-corrected chi connectivity index (χ3v) is 4.57. The average Bonchev–Trinajstić information content (AvgIpc) is 2.63. The summed E-state index contributed by atoms with van der Waals surface area (Å²) in [5, 5.41) is 0. The monoisotopic (exact) mass is 339 g/mol. The Morgan fingerprint density at radius 3 is 2.36 bits per heavy atom. The molecule has 1 amide bonds. The van der Waals surface area contributed by atoms with Crippen LogP contribution in [-0.2, 0) is 6.42 Å². The Labute approximate surface area is 149 Å². The van der Waals surface area contributed by atoms with Gasteiger partial charge in [-0.25, -0.2) is 4.79 Å². The second-order valence-electron chi connectivity index (χ2n) is 6.31. The first-order chi connectivity index (χ1) is 12.2. The summed E-state index contributed by atoms with van der Waals surface area (Å²) < 4.78 is 5.12. The lowest BCUT2D eigenvalue weighted by atomic mass is 10.1. The Kier molecular flexibility index (Phi) is 5.90. The minimum absolute atomic E-state index is 0.535. The average molecular weight is 339 g/mol. The highest BCUT2D eigenvalue weighted by atomic mass is 16.5. The molecule has 0 unspecified atom stereocenters. The first kappa shape index (κ1) is 17.3. The normalized spacial score (nSPS) is 15.1. The molecule has 0 spiro atoms. The second kappa shape index (κ2) is 8.53. The number of aryl methyl sites for hydroxylation is 1. The number of hydrogen-bond donors (Lipinski definition) is 1. The molecule has 1 aliphatic rings. The number of nitrogens with zero attached hydrogens (tertiary/aromatic N) is 2. The molecule has 2 aromatic carbocycles. The van der Waals surface area contributed by atoms with Crippen molar-refractivity contribution in [2.24, 2.45) is 5.73 Å². The standard InChI is InChI=1S/C20H25N3O2/c21-20(24)25-19-11-5-4-10-18(19)23-15-13-22(14-16-23)12-6-9-17-7-2-1-3-8-17/h1-5,7-8,10-11H,6,9,12-16H2,(H2,21,24). The minimum Gasteiger partial charge on any atom is -0.408 e. The quantitative estimate of drug-likeness (QED) is 0.879. The van der Waals surface area contributed by atoms with E-state index in [2.05, 4.69) is 40.1 Å². The maximum atomic E-state index is 11.1. The maximum absolute atomic E-state index is 11.1. The number of amides is 1. The van der Waals surface area contributed by atoms with Crippen molar-refractivity contribution in [3.63, 3.8) is 0 Å². The molecule has 1 saturated heterocycles. The van der Waals surface area contributed by atoms with Crippen LogP contribution in [0.1, 0.15) is 12.0 Å². The number of anilines is 1. The van der Waals surface area contributed by atoms with Crippen molar-refractivity contribution >= 4 is 11.8 Å². The third kappa shape index (κ3) is 4.97. The van der Waals surface area contributed by atoms with Crippen LogP contribution in [0.4, 0.5) is 10.5 Å². The number of benzene rings is 2. The van der Waals surface area contributed by atoms with Gasteiger partial charge < -0.3 is 15.4 Å². The van der Waals surface area contributed by atoms with Crippen molar-refractivity contribution in [1.29, 1.82) is 0 Å². The van der Waals surface area contributed by atoms with Crippen molar-refractivity contribution < 1.29 is 9.53 Å². The number of carbonyl (C=O) groups is 1. The maximum Gasteiger partial charge on any atom is 0.410 e. The number of primary amides is 1. The number of nitrogens with two attached hydrogens (primary N) is 1. The van der Waals surface area contributed by atoms with Gasteiger partial charge in [0, 0.05) is 26.2 Å². The zero-order chi connectivity index (χ0) is 17.5. The summed E-state index contributed by atoms with van der Waals surface area (Å²) in [5.74, 6) is 0.535. The van der Waals surface area contributed by atoms with E-state index in [1.807, 2.05) is 18.2 Å². The number of piperazine rings is 1. The van der Waals surface area contributed by atoms with Gasteiger partial charge in [0.05, 0.1) is 5.69 Å². The van der Waals surface area contributed by atoms with Gasteiger partial charge in [0.2, 0.25) is 0 Å². The summed E-state index contributed by atoms with van der Waals surface area (Å²) in [6.07, 6.45) is 1.52. The molecule has 0 aliphatic carbocycles. The van der Waals surface area contributed by atoms with Crippen molar-refractivity contribution in [2.75, 3.05) is 37.6 Å². The topological polar surface area (TPSA) is 58.8 Å². The lowest BCUT2D eigenvalue weighted by Crippen LogP contribution is -2.46. The van der Waals surface area contributed by atoms with Crippen LogP contribution < -0.4 is 15.4 Å². The van der Waals surface area contributed by atoms with E-state index in [1.165, 1.54) is 12.0 Å². The first-order valence-electron chi connectivity index (χ1n) is 8.80. The van der Waals surface area contributed by atoms with Crippen LogP contribution in [0.3, 0.4) is 0 Å². The van der Waals surface area contributed by atoms with Crippen LogP contribution in [0.25, 0.3) is 0 Å². The summed E-state index contributed by atoms with van der Waals surface area (Å²) in [6, 6.07) is 18.2. The van der Waals surface area contributed by atoms with Gasteiger partial charge in [0.1, 0.15) is 0 Å². The van der Waals surface area contributed by atoms with Gasteiger partial charge in [-0.05, 0) is 37.1 Å². The van der Waals surface area contributed by atoms with Crippen molar-refractivity contribution in [3.05, 3.63) is 60.2 Å². The number of para-hydroxylation sites is 2. The Hall–Kier alpha value is -2.53. The molecular formula is C20H25N3O2. The summed E-state index contributed by atoms with van der Waals surface area (Å²) in [7, 11) is 0. The number of rotatable bonds is 6. The zero-order valence-corrected chi connectivity index (χ0v) is 14.4. The molecule has 1 heterocycles. The Morgan fingerprint density at radius 2 is 1.64 bits per heavy atom. The van der Waals surface area contributed by atoms with Gasteiger partial charge in [-0.15, -0.1) is 0 Å². The SMILES string of the molecule is NC(=O)Oc1ccccc1N1CCN(CCCc2ccccc2)CC1. The molecule has 1 fully saturated rings. The summed E-state index contributed by atoms with van der Waals surface area (Å²) in [6.45, 7) is 4.98. The lowest BCUT2D eigenvalue weighted by Gasteiger charge is -2.36. The molecule has 2 aromatic rings. The van der Waals surface area contributed by atoms with Gasteiger partial charge in [0.25, 0.3) is 0 Å². The fourth-order valence-corrected chi connectivity index (χ4v) is 3.28. The lowest BCUT2D eigenvalue weighted by molar-refractivity contribution is 0.210. The van der Waals surface area contributed by atoms with Crippen LogP contribution in [0, 0.1) is 0 Å². The molecule has 0 aromatic heterocycles. The predicted molar refractivity (Wildman–Crippen MR) is 100 cm³/mol. The fraction of sp³-hybridized carbons (Fsp3) is 0.350. The highest BCUT2D eigenvalue weighted by molar-refractivity contribution is 5.72. The highest BCUT2D eigenvalue weighted by Gasteiger charge is 2.19. The van der Waals surface area contributed by atoms with Crippen LogP contribution in [0.2, 0.25) is 0 Å². The van der Waals surface area contributed by atoms with E-state index in [0.29, 0.717) is 5.75 Å². The smallest absolute Gasteiger partial charge is 0.408 e. The van der Waals surface area contributed by atoms with Gasteiger partial charge >= 0.3 is 6.09 Å². The summed E-state index contributed by atoms with van der Waals surface area (Å²) >= 11 is 0. The van der Waals surface area contributed by atoms with E-state index >= 15 is 0 Å². The van der Waals surface area contributed by atoms with Crippen LogP contribution >= 0.6 is 0 Å². The molecule has 2 N–H and O–H groups in total. The molecule has 5 nitrogen and oxygen atoms in total. The predicted octanol–water partition coefficient (Wildman–Crippen LogP) is 2.90. The molecule has 0 saturated carbocycles. The van der Waals surface area contributed by atoms with Gasteiger partial charge in [-0.2, -0.15) is 0 Å². The Balaban J connectivity index is 1.48. The minimum atomic E-state index is -0.771. The molecule has 0 bridgehead atoms. The molecule has 0 atom stereocenters. The molecule has 5 heteroatoms. The molecule has 1 aliphatic heterocycles. The Bertz CT molecular complexity index is 682. The highest BCUT2D eigenvalue weighted by Crippen LogP contribution is 2.28. The number of carbonyl (C=O) groups excluding carboxylic acids is 1. The fourth-order valence-electron chi connectivity index (χ4n) is 3.28. The molecular weight excluding hydrogens is 314 g/mol. The van der Waals surface area contributed by atoms with Gasteiger partial charge in [-0.1, -0.05) is 42.5 Å². The molecule has 0 radical (unpaired) electrons. The van der Waals surface area contributed by atoms with Crippen molar-refractivity contribution in [3.8, 4) is 5.75 Å². The molecule has 132 valence electrons. The van der Waals surface area contributed by atoms with Gasteiger partial charge in [0.15, 0.2) is 5.75 Å². The van der Waals surface area contributed by atoms with E-state index in [-0.39, 0.29) is 0 Å². The Morgan fingerprint density at radius 1 is 0.960 bits per heavy atom. The zero-order valence-electron chi connectivity index (χ0n) is 14.4. The van der Waals surface area contributed by atoms with E-state index in [0.717, 1.165) is 44.8 Å². The summed E-state index contributed by atoms with van der Waals surface area (Å²) in [4.78, 5) is 15.8. The molecule has 25 heavy (non-hydrogen) atoms. The van der Waals surface area contributed by atoms with E-state index in [9.17, 15) is 4.79 Å². The van der Waals surface area contributed by atoms with E-state index in [4.69, 9.17) is 10.5 Å². The van der Waals surface area contributed by atoms with Crippen molar-refractivity contribution in [2.45, 2.75) is 12.8 Å². The number of hydrogen-bond acceptors (Lipinski definition) is 4. The van der Waals surface area contributed by atoms with Crippen molar-refractivity contribution in [1.82, 2.24) is 4.90 Å². The van der Waals surface area contributed by atoms with Crippen LogP contribution in [0.15, 0.2) is 54.6 Å². The van der Waals surface area contributed by atoms with Crippen LogP contribution in [-0.4, -0.2) is 43.7 Å². The van der Waals surface area contributed by atoms with Crippen LogP contribution in [0.5, 0.6) is 5.75 Å². The summed E-state index contributed by atoms with van der Waals surface area (Å²) in [5.41, 5.74) is 7.50.